The molecule has 4 nitrogen and oxygen atoms in total. The molecule has 0 saturated carbocycles. The molecule has 2 aromatic carbocycles. The number of amides is 2. The van der Waals surface area contributed by atoms with E-state index in [1.165, 1.54) is 0 Å². The highest BCUT2D eigenvalue weighted by Crippen LogP contribution is 2.22. The van der Waals surface area contributed by atoms with Gasteiger partial charge in [0.2, 0.25) is 0 Å². The summed E-state index contributed by atoms with van der Waals surface area (Å²) in [5.74, 6) is 0.775. The van der Waals surface area contributed by atoms with Crippen molar-refractivity contribution < 1.29 is 9.53 Å². The third-order valence-corrected chi connectivity index (χ3v) is 3.17. The summed E-state index contributed by atoms with van der Waals surface area (Å²) in [5.41, 5.74) is 1.51. The maximum atomic E-state index is 11.8. The molecule has 2 aromatic rings. The molecule has 110 valence electrons. The van der Waals surface area contributed by atoms with Crippen LogP contribution in [0.4, 0.5) is 10.5 Å². The first kappa shape index (κ1) is 15.5. The third kappa shape index (κ3) is 4.85. The predicted octanol–water partition coefficient (Wildman–Crippen LogP) is 4.32. The number of nitrogens with one attached hydrogen (secondary N) is 2. The molecule has 0 fully saturated rings. The molecule has 0 bridgehead atoms. The van der Waals surface area contributed by atoms with E-state index in [-0.39, 0.29) is 6.03 Å². The average Bonchev–Trinajstić information content (AvgIpc) is 2.44. The summed E-state index contributed by atoms with van der Waals surface area (Å²) in [4.78, 5) is 11.8. The quantitative estimate of drug-likeness (QED) is 0.879. The fraction of sp³-hybridized carbons (Fsp3) is 0.133. The number of halogens is 2. The monoisotopic (exact) mass is 324 g/mol. The zero-order chi connectivity index (χ0) is 15.2. The van der Waals surface area contributed by atoms with Gasteiger partial charge in [0, 0.05) is 22.3 Å². The highest BCUT2D eigenvalue weighted by molar-refractivity contribution is 6.35. The number of urea groups is 1. The van der Waals surface area contributed by atoms with E-state index in [2.05, 4.69) is 10.6 Å². The van der Waals surface area contributed by atoms with Gasteiger partial charge < -0.3 is 15.4 Å². The van der Waals surface area contributed by atoms with Gasteiger partial charge in [0.15, 0.2) is 0 Å². The Morgan fingerprint density at radius 2 is 1.71 bits per heavy atom. The molecule has 0 unspecified atom stereocenters. The number of anilines is 1. The van der Waals surface area contributed by atoms with Crippen molar-refractivity contribution >= 4 is 34.9 Å². The Hall–Kier alpha value is -1.91. The zero-order valence-electron chi connectivity index (χ0n) is 11.3. The molecular weight excluding hydrogens is 311 g/mol. The SMILES string of the molecule is COc1ccc(CNC(=O)Nc2cc(Cl)cc(Cl)c2)cc1. The van der Waals surface area contributed by atoms with Crippen LogP contribution in [0.25, 0.3) is 0 Å². The molecule has 6 heteroatoms. The Balaban J connectivity index is 1.89. The van der Waals surface area contributed by atoms with Crippen molar-refractivity contribution in [2.24, 2.45) is 0 Å². The first-order valence-corrected chi connectivity index (χ1v) is 6.96. The van der Waals surface area contributed by atoms with Gasteiger partial charge >= 0.3 is 6.03 Å². The normalized spacial score (nSPS) is 10.0. The Morgan fingerprint density at radius 3 is 2.29 bits per heavy atom. The molecule has 0 aliphatic rings. The lowest BCUT2D eigenvalue weighted by atomic mass is 10.2. The topological polar surface area (TPSA) is 50.4 Å². The van der Waals surface area contributed by atoms with E-state index in [1.807, 2.05) is 24.3 Å². The molecule has 2 rings (SSSR count). The van der Waals surface area contributed by atoms with Crippen LogP contribution in [0.1, 0.15) is 5.56 Å². The van der Waals surface area contributed by atoms with Crippen LogP contribution in [-0.2, 0) is 6.54 Å². The maximum Gasteiger partial charge on any atom is 0.319 e. The molecule has 21 heavy (non-hydrogen) atoms. The van der Waals surface area contributed by atoms with Crippen molar-refractivity contribution in [1.29, 1.82) is 0 Å². The molecule has 2 N–H and O–H groups in total. The molecule has 0 radical (unpaired) electrons. The largest absolute Gasteiger partial charge is 0.497 e. The van der Waals surface area contributed by atoms with E-state index in [0.29, 0.717) is 22.3 Å². The fourth-order valence-electron chi connectivity index (χ4n) is 1.73. The number of benzene rings is 2. The van der Waals surface area contributed by atoms with E-state index in [1.54, 1.807) is 25.3 Å². The van der Waals surface area contributed by atoms with E-state index in [4.69, 9.17) is 27.9 Å². The van der Waals surface area contributed by atoms with Gasteiger partial charge in [-0.3, -0.25) is 0 Å². The fourth-order valence-corrected chi connectivity index (χ4v) is 2.25. The van der Waals surface area contributed by atoms with Crippen molar-refractivity contribution in [3.8, 4) is 5.75 Å². The second-order valence-electron chi connectivity index (χ2n) is 4.31. The van der Waals surface area contributed by atoms with E-state index in [9.17, 15) is 4.79 Å². The van der Waals surface area contributed by atoms with Crippen LogP contribution in [0.15, 0.2) is 42.5 Å². The average molecular weight is 325 g/mol. The summed E-state index contributed by atoms with van der Waals surface area (Å²) in [7, 11) is 1.61. The summed E-state index contributed by atoms with van der Waals surface area (Å²) < 4.78 is 5.07. The lowest BCUT2D eigenvalue weighted by molar-refractivity contribution is 0.251. The zero-order valence-corrected chi connectivity index (χ0v) is 12.8. The van der Waals surface area contributed by atoms with Crippen LogP contribution in [0, 0.1) is 0 Å². The van der Waals surface area contributed by atoms with E-state index >= 15 is 0 Å². The number of hydrogen-bond acceptors (Lipinski definition) is 2. The second kappa shape index (κ2) is 7.20. The Morgan fingerprint density at radius 1 is 1.10 bits per heavy atom. The highest BCUT2D eigenvalue weighted by Gasteiger charge is 2.04. The molecule has 0 aliphatic heterocycles. The third-order valence-electron chi connectivity index (χ3n) is 2.73. The van der Waals surface area contributed by atoms with Crippen molar-refractivity contribution in [3.63, 3.8) is 0 Å². The summed E-state index contributed by atoms with van der Waals surface area (Å²) in [5, 5.41) is 6.35. The number of methoxy groups -OCH3 is 1. The highest BCUT2D eigenvalue weighted by atomic mass is 35.5. The Bertz CT molecular complexity index is 610. The maximum absolute atomic E-state index is 11.8. The van der Waals surface area contributed by atoms with Gasteiger partial charge in [-0.1, -0.05) is 35.3 Å². The van der Waals surface area contributed by atoms with Gasteiger partial charge in [0.25, 0.3) is 0 Å². The molecule has 0 aliphatic carbocycles. The minimum atomic E-state index is -0.329. The molecule has 2 amide bonds. The van der Waals surface area contributed by atoms with Crippen LogP contribution in [0.2, 0.25) is 10.0 Å². The lowest BCUT2D eigenvalue weighted by Crippen LogP contribution is -2.28. The van der Waals surface area contributed by atoms with E-state index < -0.39 is 0 Å². The van der Waals surface area contributed by atoms with Gasteiger partial charge in [0.05, 0.1) is 7.11 Å². The van der Waals surface area contributed by atoms with Gasteiger partial charge in [-0.15, -0.1) is 0 Å². The van der Waals surface area contributed by atoms with Crippen molar-refractivity contribution in [1.82, 2.24) is 5.32 Å². The summed E-state index contributed by atoms with van der Waals surface area (Å²) in [6.07, 6.45) is 0. The molecule has 0 atom stereocenters. The summed E-state index contributed by atoms with van der Waals surface area (Å²) in [6, 6.07) is 12.0. The van der Waals surface area contributed by atoms with Crippen molar-refractivity contribution in [3.05, 3.63) is 58.1 Å². The minimum absolute atomic E-state index is 0.329. The van der Waals surface area contributed by atoms with Gasteiger partial charge in [0.1, 0.15) is 5.75 Å². The predicted molar refractivity (Wildman–Crippen MR) is 85.3 cm³/mol. The lowest BCUT2D eigenvalue weighted by Gasteiger charge is -2.09. The van der Waals surface area contributed by atoms with Crippen molar-refractivity contribution in [2.75, 3.05) is 12.4 Å². The first-order valence-electron chi connectivity index (χ1n) is 6.20. The molecule has 0 heterocycles. The number of carbonyl (C=O) groups excluding carboxylic acids is 1. The molecule has 0 aromatic heterocycles. The van der Waals surface area contributed by atoms with E-state index in [0.717, 1.165) is 11.3 Å². The van der Waals surface area contributed by atoms with Crippen molar-refractivity contribution in [2.45, 2.75) is 6.54 Å². The summed E-state index contributed by atoms with van der Waals surface area (Å²) >= 11 is 11.7. The van der Waals surface area contributed by atoms with Crippen LogP contribution >= 0.6 is 23.2 Å². The minimum Gasteiger partial charge on any atom is -0.497 e. The molecular formula is C15H14Cl2N2O2. The Kier molecular flexibility index (Phi) is 5.31. The first-order chi connectivity index (χ1) is 10.1. The number of carbonyl (C=O) groups is 1. The second-order valence-corrected chi connectivity index (χ2v) is 5.19. The number of ether oxygens (including phenoxy) is 1. The standard InChI is InChI=1S/C15H14Cl2N2O2/c1-21-14-4-2-10(3-5-14)9-18-15(20)19-13-7-11(16)6-12(17)8-13/h2-8H,9H2,1H3,(H2,18,19,20). The van der Waals surface area contributed by atoms with Crippen LogP contribution in [0.5, 0.6) is 5.75 Å². The van der Waals surface area contributed by atoms with Gasteiger partial charge in [-0.05, 0) is 35.9 Å². The Labute approximate surface area is 133 Å². The summed E-state index contributed by atoms with van der Waals surface area (Å²) in [6.45, 7) is 0.407. The molecule has 0 saturated heterocycles. The van der Waals surface area contributed by atoms with Crippen LogP contribution in [0.3, 0.4) is 0 Å². The van der Waals surface area contributed by atoms with Gasteiger partial charge in [-0.25, -0.2) is 4.79 Å². The van der Waals surface area contributed by atoms with Gasteiger partial charge in [-0.2, -0.15) is 0 Å². The molecule has 0 spiro atoms. The smallest absolute Gasteiger partial charge is 0.319 e. The van der Waals surface area contributed by atoms with Crippen LogP contribution < -0.4 is 15.4 Å². The number of hydrogen-bond donors (Lipinski definition) is 2. The number of rotatable bonds is 4. The van der Waals surface area contributed by atoms with Crippen LogP contribution in [-0.4, -0.2) is 13.1 Å².